The monoisotopic (exact) mass is 244 g/mol. The van der Waals surface area contributed by atoms with E-state index < -0.39 is 6.10 Å². The summed E-state index contributed by atoms with van der Waals surface area (Å²) in [5.74, 6) is 0.0351. The van der Waals surface area contributed by atoms with Crippen LogP contribution in [0.4, 0.5) is 0 Å². The maximum absolute atomic E-state index is 11.3. The number of aliphatic hydroxyl groups excluding tert-OH is 1. The minimum atomic E-state index is -0.394. The van der Waals surface area contributed by atoms with Crippen molar-refractivity contribution in [1.82, 2.24) is 10.2 Å². The first-order valence-corrected chi connectivity index (χ1v) is 6.43. The van der Waals surface area contributed by atoms with E-state index in [4.69, 9.17) is 9.84 Å². The molecule has 1 atom stereocenters. The van der Waals surface area contributed by atoms with Crippen molar-refractivity contribution in [3.05, 3.63) is 0 Å². The average Bonchev–Trinajstić information content (AvgIpc) is 2.33. The normalized spacial score (nSPS) is 18.9. The van der Waals surface area contributed by atoms with Gasteiger partial charge in [0.1, 0.15) is 0 Å². The van der Waals surface area contributed by atoms with Gasteiger partial charge in [-0.1, -0.05) is 0 Å². The molecular weight excluding hydrogens is 220 g/mol. The Balaban J connectivity index is 1.94. The highest BCUT2D eigenvalue weighted by atomic mass is 16.5. The van der Waals surface area contributed by atoms with Crippen molar-refractivity contribution >= 4 is 5.91 Å². The SMILES string of the molecule is CC(O)CCC(=O)NCCCN1CCOCC1. The molecule has 2 N–H and O–H groups in total. The van der Waals surface area contributed by atoms with E-state index in [1.54, 1.807) is 6.92 Å². The van der Waals surface area contributed by atoms with Crippen LogP contribution in [0, 0.1) is 0 Å². The van der Waals surface area contributed by atoms with Gasteiger partial charge < -0.3 is 15.2 Å². The second kappa shape index (κ2) is 8.44. The van der Waals surface area contributed by atoms with E-state index in [1.807, 2.05) is 0 Å². The minimum Gasteiger partial charge on any atom is -0.393 e. The summed E-state index contributed by atoms with van der Waals surface area (Å²) in [6.07, 6.45) is 1.53. The van der Waals surface area contributed by atoms with Gasteiger partial charge in [-0.25, -0.2) is 0 Å². The standard InChI is InChI=1S/C12H24N2O3/c1-11(15)3-4-12(16)13-5-2-6-14-7-9-17-10-8-14/h11,15H,2-10H2,1H3,(H,13,16). The molecule has 1 aliphatic rings. The van der Waals surface area contributed by atoms with Gasteiger partial charge >= 0.3 is 0 Å². The lowest BCUT2D eigenvalue weighted by molar-refractivity contribution is -0.121. The van der Waals surface area contributed by atoms with Gasteiger partial charge in [-0.15, -0.1) is 0 Å². The number of nitrogens with one attached hydrogen (secondary N) is 1. The first-order valence-electron chi connectivity index (χ1n) is 6.43. The third-order valence-corrected chi connectivity index (χ3v) is 2.87. The van der Waals surface area contributed by atoms with Gasteiger partial charge in [0.15, 0.2) is 0 Å². The number of hydrogen-bond donors (Lipinski definition) is 2. The van der Waals surface area contributed by atoms with Crippen LogP contribution in [0.25, 0.3) is 0 Å². The van der Waals surface area contributed by atoms with Crippen LogP contribution in [0.2, 0.25) is 0 Å². The summed E-state index contributed by atoms with van der Waals surface area (Å²) < 4.78 is 5.26. The van der Waals surface area contributed by atoms with E-state index in [0.29, 0.717) is 12.8 Å². The largest absolute Gasteiger partial charge is 0.393 e. The molecule has 1 amide bonds. The van der Waals surface area contributed by atoms with Crippen LogP contribution in [-0.4, -0.2) is 61.4 Å². The van der Waals surface area contributed by atoms with Crippen LogP contribution in [0.3, 0.4) is 0 Å². The number of carbonyl (C=O) groups is 1. The van der Waals surface area contributed by atoms with Crippen molar-refractivity contribution in [2.75, 3.05) is 39.4 Å². The summed E-state index contributed by atoms with van der Waals surface area (Å²) in [7, 11) is 0. The van der Waals surface area contributed by atoms with E-state index in [0.717, 1.165) is 45.8 Å². The zero-order valence-corrected chi connectivity index (χ0v) is 10.7. The first-order chi connectivity index (χ1) is 8.18. The Labute approximate surface area is 103 Å². The van der Waals surface area contributed by atoms with Crippen LogP contribution >= 0.6 is 0 Å². The summed E-state index contributed by atoms with van der Waals surface area (Å²) in [5, 5.41) is 11.9. The smallest absolute Gasteiger partial charge is 0.220 e. The Hall–Kier alpha value is -0.650. The molecule has 0 saturated carbocycles. The Morgan fingerprint density at radius 1 is 1.47 bits per heavy atom. The average molecular weight is 244 g/mol. The minimum absolute atomic E-state index is 0.0351. The molecule has 1 heterocycles. The highest BCUT2D eigenvalue weighted by Gasteiger charge is 2.09. The highest BCUT2D eigenvalue weighted by molar-refractivity contribution is 5.75. The van der Waals surface area contributed by atoms with Crippen LogP contribution in [0.5, 0.6) is 0 Å². The van der Waals surface area contributed by atoms with Crippen molar-refractivity contribution < 1.29 is 14.6 Å². The highest BCUT2D eigenvalue weighted by Crippen LogP contribution is 1.98. The number of hydrogen-bond acceptors (Lipinski definition) is 4. The van der Waals surface area contributed by atoms with E-state index in [-0.39, 0.29) is 5.91 Å². The maximum Gasteiger partial charge on any atom is 0.220 e. The van der Waals surface area contributed by atoms with Crippen LogP contribution in [-0.2, 0) is 9.53 Å². The lowest BCUT2D eigenvalue weighted by Gasteiger charge is -2.26. The second-order valence-electron chi connectivity index (χ2n) is 4.55. The van der Waals surface area contributed by atoms with Gasteiger partial charge in [0.05, 0.1) is 19.3 Å². The third kappa shape index (κ3) is 7.31. The van der Waals surface area contributed by atoms with Gasteiger partial charge in [0.25, 0.3) is 0 Å². The second-order valence-corrected chi connectivity index (χ2v) is 4.55. The zero-order valence-electron chi connectivity index (χ0n) is 10.7. The molecule has 100 valence electrons. The molecule has 0 aliphatic carbocycles. The molecule has 0 aromatic heterocycles. The Morgan fingerprint density at radius 3 is 2.82 bits per heavy atom. The van der Waals surface area contributed by atoms with E-state index in [1.165, 1.54) is 0 Å². The van der Waals surface area contributed by atoms with Crippen LogP contribution < -0.4 is 5.32 Å². The van der Waals surface area contributed by atoms with Crippen molar-refractivity contribution in [2.45, 2.75) is 32.3 Å². The van der Waals surface area contributed by atoms with Crippen molar-refractivity contribution in [3.8, 4) is 0 Å². The first kappa shape index (κ1) is 14.4. The zero-order chi connectivity index (χ0) is 12.5. The maximum atomic E-state index is 11.3. The number of amides is 1. The Kier molecular flexibility index (Phi) is 7.16. The number of carbonyl (C=O) groups excluding carboxylic acids is 1. The van der Waals surface area contributed by atoms with Crippen molar-refractivity contribution in [3.63, 3.8) is 0 Å². The molecule has 17 heavy (non-hydrogen) atoms. The molecule has 0 aromatic carbocycles. The lowest BCUT2D eigenvalue weighted by atomic mass is 10.2. The molecule has 0 radical (unpaired) electrons. The third-order valence-electron chi connectivity index (χ3n) is 2.87. The van der Waals surface area contributed by atoms with Gasteiger partial charge in [0.2, 0.25) is 5.91 Å². The summed E-state index contributed by atoms with van der Waals surface area (Å²) in [6, 6.07) is 0. The molecule has 1 rings (SSSR count). The molecule has 1 aliphatic heterocycles. The van der Waals surface area contributed by atoms with E-state index >= 15 is 0 Å². The predicted octanol–water partition coefficient (Wildman–Crippen LogP) is -0.0141. The van der Waals surface area contributed by atoms with Gasteiger partial charge in [0, 0.05) is 26.1 Å². The number of ether oxygens (including phenoxy) is 1. The summed E-state index contributed by atoms with van der Waals surface area (Å²) in [6.45, 7) is 7.06. The van der Waals surface area contributed by atoms with Crippen LogP contribution in [0.1, 0.15) is 26.2 Å². The van der Waals surface area contributed by atoms with Gasteiger partial charge in [-0.2, -0.15) is 0 Å². The molecule has 0 aromatic rings. The van der Waals surface area contributed by atoms with Gasteiger partial charge in [-0.3, -0.25) is 9.69 Å². The Bertz CT molecular complexity index is 216. The van der Waals surface area contributed by atoms with E-state index in [2.05, 4.69) is 10.2 Å². The topological polar surface area (TPSA) is 61.8 Å². The Morgan fingerprint density at radius 2 is 2.18 bits per heavy atom. The fourth-order valence-electron chi connectivity index (χ4n) is 1.78. The van der Waals surface area contributed by atoms with Gasteiger partial charge in [-0.05, 0) is 26.3 Å². The van der Waals surface area contributed by atoms with E-state index in [9.17, 15) is 4.79 Å². The summed E-state index contributed by atoms with van der Waals surface area (Å²) >= 11 is 0. The van der Waals surface area contributed by atoms with Crippen molar-refractivity contribution in [1.29, 1.82) is 0 Å². The molecule has 1 saturated heterocycles. The number of nitrogens with zero attached hydrogens (tertiary/aromatic N) is 1. The molecule has 1 fully saturated rings. The fraction of sp³-hybridized carbons (Fsp3) is 0.917. The summed E-state index contributed by atoms with van der Waals surface area (Å²) in [4.78, 5) is 13.7. The number of morpholine rings is 1. The molecule has 0 bridgehead atoms. The number of rotatable bonds is 7. The quantitative estimate of drug-likeness (QED) is 0.618. The summed E-state index contributed by atoms with van der Waals surface area (Å²) in [5.41, 5.74) is 0. The van der Waals surface area contributed by atoms with Crippen LogP contribution in [0.15, 0.2) is 0 Å². The van der Waals surface area contributed by atoms with Crippen molar-refractivity contribution in [2.24, 2.45) is 0 Å². The molecule has 5 heteroatoms. The number of aliphatic hydroxyl groups is 1. The molecule has 5 nitrogen and oxygen atoms in total. The molecule has 0 spiro atoms. The molecular formula is C12H24N2O3. The lowest BCUT2D eigenvalue weighted by Crippen LogP contribution is -2.38. The molecule has 1 unspecified atom stereocenters. The predicted molar refractivity (Wildman–Crippen MR) is 65.8 cm³/mol. The fourth-order valence-corrected chi connectivity index (χ4v) is 1.78.